The van der Waals surface area contributed by atoms with Gasteiger partial charge in [-0.2, -0.15) is 5.26 Å². The van der Waals surface area contributed by atoms with Crippen LogP contribution in [0.3, 0.4) is 0 Å². The first kappa shape index (κ1) is 9.19. The zero-order chi connectivity index (χ0) is 9.84. The first-order valence-electron chi connectivity index (χ1n) is 3.64. The van der Waals surface area contributed by atoms with Crippen LogP contribution in [-0.4, -0.2) is 16.1 Å². The number of amides is 1. The third kappa shape index (κ3) is 2.27. The molecule has 1 unspecified atom stereocenters. The van der Waals surface area contributed by atoms with E-state index < -0.39 is 11.8 Å². The molecule has 68 valence electrons. The minimum absolute atomic E-state index is 0.0181. The second-order valence-corrected chi connectivity index (χ2v) is 2.47. The van der Waals surface area contributed by atoms with Gasteiger partial charge in [-0.05, 0) is 6.92 Å². The average molecular weight is 180 g/mol. The molecule has 0 aliphatic rings. The van der Waals surface area contributed by atoms with Crippen molar-refractivity contribution in [3.05, 3.63) is 5.89 Å². The van der Waals surface area contributed by atoms with E-state index in [-0.39, 0.29) is 6.01 Å². The summed E-state index contributed by atoms with van der Waals surface area (Å²) in [5, 5.41) is 17.8. The highest BCUT2D eigenvalue weighted by Gasteiger charge is 2.14. The molecule has 1 N–H and O–H groups in total. The largest absolute Gasteiger partial charge is 0.408 e. The fraction of sp³-hybridized carbons (Fsp3) is 0.429. The number of hydrogen-bond donors (Lipinski definition) is 1. The van der Waals surface area contributed by atoms with Crippen molar-refractivity contribution in [2.24, 2.45) is 5.92 Å². The van der Waals surface area contributed by atoms with Gasteiger partial charge >= 0.3 is 6.01 Å². The van der Waals surface area contributed by atoms with Crippen molar-refractivity contribution in [2.75, 3.05) is 5.32 Å². The van der Waals surface area contributed by atoms with Crippen LogP contribution >= 0.6 is 0 Å². The number of aromatic nitrogens is 2. The van der Waals surface area contributed by atoms with Crippen molar-refractivity contribution in [3.63, 3.8) is 0 Å². The van der Waals surface area contributed by atoms with Gasteiger partial charge in [-0.15, -0.1) is 5.10 Å². The molecular weight excluding hydrogens is 172 g/mol. The summed E-state index contributed by atoms with van der Waals surface area (Å²) in [6.07, 6.45) is 0. The predicted molar refractivity (Wildman–Crippen MR) is 42.4 cm³/mol. The summed E-state index contributed by atoms with van der Waals surface area (Å²) in [4.78, 5) is 11.1. The van der Waals surface area contributed by atoms with Crippen LogP contribution in [-0.2, 0) is 4.79 Å². The molecule has 0 aromatic carbocycles. The van der Waals surface area contributed by atoms with Crippen molar-refractivity contribution < 1.29 is 9.21 Å². The van der Waals surface area contributed by atoms with Gasteiger partial charge in [0.1, 0.15) is 5.92 Å². The van der Waals surface area contributed by atoms with E-state index in [0.29, 0.717) is 5.89 Å². The molecule has 0 aliphatic carbocycles. The van der Waals surface area contributed by atoms with Crippen LogP contribution in [0.5, 0.6) is 0 Å². The van der Waals surface area contributed by atoms with E-state index in [2.05, 4.69) is 15.5 Å². The molecule has 1 heterocycles. The number of rotatable bonds is 2. The highest BCUT2D eigenvalue weighted by molar-refractivity contribution is 5.91. The Kier molecular flexibility index (Phi) is 2.59. The molecule has 1 atom stereocenters. The SMILES string of the molecule is Cc1nnc(NC(=O)C(C)C#N)o1. The van der Waals surface area contributed by atoms with Crippen molar-refractivity contribution in [1.29, 1.82) is 5.26 Å². The van der Waals surface area contributed by atoms with E-state index in [4.69, 9.17) is 9.68 Å². The normalized spacial score (nSPS) is 11.8. The lowest BCUT2D eigenvalue weighted by Gasteiger charge is -1.99. The van der Waals surface area contributed by atoms with Crippen LogP contribution in [0.4, 0.5) is 6.01 Å². The summed E-state index contributed by atoms with van der Waals surface area (Å²) >= 11 is 0. The van der Waals surface area contributed by atoms with Crippen LogP contribution in [0, 0.1) is 24.2 Å². The summed E-state index contributed by atoms with van der Waals surface area (Å²) in [7, 11) is 0. The van der Waals surface area contributed by atoms with Crippen molar-refractivity contribution in [1.82, 2.24) is 10.2 Å². The number of anilines is 1. The molecule has 13 heavy (non-hydrogen) atoms. The van der Waals surface area contributed by atoms with E-state index >= 15 is 0 Å². The molecule has 1 amide bonds. The molecule has 1 aromatic heterocycles. The maximum atomic E-state index is 11.1. The molecule has 0 spiro atoms. The summed E-state index contributed by atoms with van der Waals surface area (Å²) in [6, 6.07) is 1.81. The summed E-state index contributed by atoms with van der Waals surface area (Å²) in [6.45, 7) is 3.09. The molecule has 0 aliphatic heterocycles. The van der Waals surface area contributed by atoms with Crippen molar-refractivity contribution in [2.45, 2.75) is 13.8 Å². The highest BCUT2D eigenvalue weighted by atomic mass is 16.4. The Morgan fingerprint density at radius 1 is 1.69 bits per heavy atom. The second kappa shape index (κ2) is 3.67. The average Bonchev–Trinajstić information content (AvgIpc) is 2.49. The standard InChI is InChI=1S/C7H8N4O2/c1-4(3-8)6(12)9-7-11-10-5(2)13-7/h4H,1-2H3,(H,9,11,12). The maximum absolute atomic E-state index is 11.1. The highest BCUT2D eigenvalue weighted by Crippen LogP contribution is 2.05. The second-order valence-electron chi connectivity index (χ2n) is 2.47. The fourth-order valence-corrected chi connectivity index (χ4v) is 0.619. The van der Waals surface area contributed by atoms with Gasteiger partial charge in [0, 0.05) is 6.92 Å². The van der Waals surface area contributed by atoms with Gasteiger partial charge in [0.2, 0.25) is 11.8 Å². The molecule has 1 rings (SSSR count). The molecule has 0 saturated carbocycles. The molecule has 1 aromatic rings. The number of carbonyl (C=O) groups excluding carboxylic acids is 1. The van der Waals surface area contributed by atoms with Gasteiger partial charge in [0.05, 0.1) is 6.07 Å². The number of carbonyl (C=O) groups is 1. The Labute approximate surface area is 74.6 Å². The van der Waals surface area contributed by atoms with Gasteiger partial charge in [0.15, 0.2) is 0 Å². The molecule has 0 fully saturated rings. The molecule has 0 radical (unpaired) electrons. The number of aryl methyl sites for hydroxylation is 1. The Morgan fingerprint density at radius 3 is 2.85 bits per heavy atom. The third-order valence-electron chi connectivity index (χ3n) is 1.34. The Bertz CT molecular complexity index is 352. The topological polar surface area (TPSA) is 91.8 Å². The first-order chi connectivity index (χ1) is 6.13. The molecular formula is C7H8N4O2. The Morgan fingerprint density at radius 2 is 2.38 bits per heavy atom. The van der Waals surface area contributed by atoms with Crippen molar-refractivity contribution >= 4 is 11.9 Å². The van der Waals surface area contributed by atoms with Crippen LogP contribution in [0.25, 0.3) is 0 Å². The Balaban J connectivity index is 2.61. The van der Waals surface area contributed by atoms with E-state index in [1.807, 2.05) is 0 Å². The smallest absolute Gasteiger partial charge is 0.322 e. The zero-order valence-electron chi connectivity index (χ0n) is 7.24. The zero-order valence-corrected chi connectivity index (χ0v) is 7.24. The third-order valence-corrected chi connectivity index (χ3v) is 1.34. The monoisotopic (exact) mass is 180 g/mol. The van der Waals surface area contributed by atoms with E-state index in [0.717, 1.165) is 0 Å². The summed E-state index contributed by atoms with van der Waals surface area (Å²) < 4.78 is 4.89. The quantitative estimate of drug-likeness (QED) is 0.714. The number of nitrogens with one attached hydrogen (secondary N) is 1. The van der Waals surface area contributed by atoms with E-state index in [9.17, 15) is 4.79 Å². The van der Waals surface area contributed by atoms with Crippen LogP contribution in [0.2, 0.25) is 0 Å². The van der Waals surface area contributed by atoms with Gasteiger partial charge in [-0.3, -0.25) is 10.1 Å². The minimum Gasteiger partial charge on any atom is -0.408 e. The molecule has 6 heteroatoms. The number of nitrogens with zero attached hydrogens (tertiary/aromatic N) is 3. The molecule has 0 bridgehead atoms. The summed E-state index contributed by atoms with van der Waals surface area (Å²) in [5.41, 5.74) is 0. The van der Waals surface area contributed by atoms with Gasteiger partial charge in [0.25, 0.3) is 0 Å². The predicted octanol–water partition coefficient (Wildman–Crippen LogP) is 0.476. The fourth-order valence-electron chi connectivity index (χ4n) is 0.619. The van der Waals surface area contributed by atoms with Crippen LogP contribution < -0.4 is 5.32 Å². The van der Waals surface area contributed by atoms with E-state index in [1.165, 1.54) is 6.92 Å². The summed E-state index contributed by atoms with van der Waals surface area (Å²) in [5.74, 6) is -0.821. The Hall–Kier alpha value is -1.90. The lowest BCUT2D eigenvalue weighted by atomic mass is 10.2. The lowest BCUT2D eigenvalue weighted by molar-refractivity contribution is -0.118. The minimum atomic E-state index is -0.729. The van der Waals surface area contributed by atoms with Crippen molar-refractivity contribution in [3.8, 4) is 6.07 Å². The van der Waals surface area contributed by atoms with Crippen LogP contribution in [0.1, 0.15) is 12.8 Å². The van der Waals surface area contributed by atoms with Gasteiger partial charge in [-0.1, -0.05) is 5.10 Å². The van der Waals surface area contributed by atoms with Gasteiger partial charge in [-0.25, -0.2) is 0 Å². The first-order valence-corrected chi connectivity index (χ1v) is 3.64. The van der Waals surface area contributed by atoms with E-state index in [1.54, 1.807) is 13.0 Å². The molecule has 0 saturated heterocycles. The number of nitriles is 1. The van der Waals surface area contributed by atoms with Crippen LogP contribution in [0.15, 0.2) is 4.42 Å². The molecule has 6 nitrogen and oxygen atoms in total. The van der Waals surface area contributed by atoms with Gasteiger partial charge < -0.3 is 4.42 Å². The maximum Gasteiger partial charge on any atom is 0.322 e. The number of hydrogen-bond acceptors (Lipinski definition) is 5. The lowest BCUT2D eigenvalue weighted by Crippen LogP contribution is -2.19.